The van der Waals surface area contributed by atoms with Gasteiger partial charge in [-0.3, -0.25) is 4.21 Å². The smallest absolute Gasteiger partial charge is 0.0577 e. The van der Waals surface area contributed by atoms with E-state index in [1.165, 1.54) is 12.8 Å². The lowest BCUT2D eigenvalue weighted by atomic mass is 9.84. The molecule has 1 saturated carbocycles. The Labute approximate surface area is 129 Å². The maximum Gasteiger partial charge on any atom is 0.0577 e. The molecule has 0 spiro atoms. The van der Waals surface area contributed by atoms with Crippen LogP contribution in [0.4, 0.5) is 0 Å². The van der Waals surface area contributed by atoms with Crippen molar-refractivity contribution < 1.29 is 4.21 Å². The van der Waals surface area contributed by atoms with Crippen LogP contribution in [0.25, 0.3) is 0 Å². The Morgan fingerprint density at radius 2 is 2.15 bits per heavy atom. The third-order valence-corrected chi connectivity index (χ3v) is 6.27. The van der Waals surface area contributed by atoms with Gasteiger partial charge in [-0.25, -0.2) is 0 Å². The fraction of sp³-hybridized carbons (Fsp3) is 0.625. The molecule has 0 heterocycles. The average Bonchev–Trinajstić information content (AvgIpc) is 2.47. The summed E-state index contributed by atoms with van der Waals surface area (Å²) in [6, 6.07) is 7.86. The molecule has 2 nitrogen and oxygen atoms in total. The van der Waals surface area contributed by atoms with Crippen molar-refractivity contribution in [2.45, 2.75) is 55.7 Å². The molecule has 1 N–H and O–H groups in total. The maximum atomic E-state index is 12.9. The van der Waals surface area contributed by atoms with E-state index in [0.29, 0.717) is 17.0 Å². The number of halogens is 1. The summed E-state index contributed by atoms with van der Waals surface area (Å²) in [5.74, 6) is 0.707. The summed E-state index contributed by atoms with van der Waals surface area (Å²) in [7, 11) is -0.981. The summed E-state index contributed by atoms with van der Waals surface area (Å²) in [5.41, 5.74) is 0. The highest BCUT2D eigenvalue weighted by atomic mass is 35.5. The van der Waals surface area contributed by atoms with Gasteiger partial charge in [-0.2, -0.15) is 0 Å². The molecule has 0 amide bonds. The molecule has 4 atom stereocenters. The SMILES string of the molecule is CCNC1CCC(CC)CC1S(=O)c1cccc(Cl)c1. The van der Waals surface area contributed by atoms with Crippen LogP contribution in [0.3, 0.4) is 0 Å². The largest absolute Gasteiger partial charge is 0.313 e. The minimum Gasteiger partial charge on any atom is -0.313 e. The summed E-state index contributed by atoms with van der Waals surface area (Å²) < 4.78 is 12.9. The third-order valence-electron chi connectivity index (χ3n) is 4.25. The van der Waals surface area contributed by atoms with Crippen LogP contribution in [-0.2, 0) is 10.8 Å². The minimum absolute atomic E-state index is 0.201. The molecule has 1 aromatic carbocycles. The Hall–Kier alpha value is -0.380. The summed E-state index contributed by atoms with van der Waals surface area (Å²) in [6.45, 7) is 5.29. The van der Waals surface area contributed by atoms with Crippen LogP contribution in [0.5, 0.6) is 0 Å². The predicted molar refractivity (Wildman–Crippen MR) is 86.7 cm³/mol. The van der Waals surface area contributed by atoms with Gasteiger partial charge in [0.25, 0.3) is 0 Å². The average molecular weight is 314 g/mol. The van der Waals surface area contributed by atoms with Crippen LogP contribution in [-0.4, -0.2) is 22.0 Å². The molecule has 0 saturated heterocycles. The van der Waals surface area contributed by atoms with E-state index in [1.807, 2.05) is 24.3 Å². The van der Waals surface area contributed by atoms with E-state index in [1.54, 1.807) is 0 Å². The molecule has 1 aliphatic rings. The highest BCUT2D eigenvalue weighted by Gasteiger charge is 2.33. The molecule has 0 aromatic heterocycles. The summed E-state index contributed by atoms with van der Waals surface area (Å²) >= 11 is 6.03. The summed E-state index contributed by atoms with van der Waals surface area (Å²) in [4.78, 5) is 0.863. The highest BCUT2D eigenvalue weighted by Crippen LogP contribution is 2.32. The Balaban J connectivity index is 2.18. The number of hydrogen-bond acceptors (Lipinski definition) is 2. The lowest BCUT2D eigenvalue weighted by molar-refractivity contribution is 0.294. The zero-order valence-electron chi connectivity index (χ0n) is 12.3. The van der Waals surface area contributed by atoms with Crippen LogP contribution in [0.15, 0.2) is 29.2 Å². The van der Waals surface area contributed by atoms with E-state index >= 15 is 0 Å². The molecule has 0 bridgehead atoms. The molecule has 1 aromatic rings. The van der Waals surface area contributed by atoms with Crippen LogP contribution in [0, 0.1) is 5.92 Å². The molecule has 1 aliphatic carbocycles. The first-order chi connectivity index (χ1) is 9.65. The fourth-order valence-corrected chi connectivity index (χ4v) is 5.12. The minimum atomic E-state index is -0.981. The molecule has 0 radical (unpaired) electrons. The fourth-order valence-electron chi connectivity index (χ4n) is 3.08. The van der Waals surface area contributed by atoms with Crippen molar-refractivity contribution in [2.75, 3.05) is 6.54 Å². The molecular weight excluding hydrogens is 290 g/mol. The van der Waals surface area contributed by atoms with Crippen molar-refractivity contribution in [2.24, 2.45) is 5.92 Å². The second-order valence-corrected chi connectivity index (χ2v) is 7.65. The molecule has 20 heavy (non-hydrogen) atoms. The molecule has 0 aliphatic heterocycles. The molecule has 2 rings (SSSR count). The van der Waals surface area contributed by atoms with E-state index < -0.39 is 10.8 Å². The molecule has 4 heteroatoms. The van der Waals surface area contributed by atoms with Crippen molar-refractivity contribution in [3.05, 3.63) is 29.3 Å². The molecule has 4 unspecified atom stereocenters. The first kappa shape index (κ1) is 16.0. The van der Waals surface area contributed by atoms with Gasteiger partial charge in [-0.05, 0) is 49.9 Å². The Kier molecular flexibility index (Phi) is 6.06. The van der Waals surface area contributed by atoms with Gasteiger partial charge in [0, 0.05) is 16.0 Å². The van der Waals surface area contributed by atoms with Gasteiger partial charge in [-0.1, -0.05) is 37.9 Å². The van der Waals surface area contributed by atoms with E-state index in [0.717, 1.165) is 24.3 Å². The van der Waals surface area contributed by atoms with E-state index in [4.69, 9.17) is 11.6 Å². The van der Waals surface area contributed by atoms with Crippen molar-refractivity contribution in [1.29, 1.82) is 0 Å². The van der Waals surface area contributed by atoms with Gasteiger partial charge < -0.3 is 5.32 Å². The lowest BCUT2D eigenvalue weighted by Gasteiger charge is -2.35. The molecule has 112 valence electrons. The zero-order chi connectivity index (χ0) is 14.5. The highest BCUT2D eigenvalue weighted by molar-refractivity contribution is 7.85. The summed E-state index contributed by atoms with van der Waals surface area (Å²) in [5, 5.41) is 4.38. The Bertz CT molecular complexity index is 466. The lowest BCUT2D eigenvalue weighted by Crippen LogP contribution is -2.46. The van der Waals surface area contributed by atoms with Gasteiger partial charge in [0.2, 0.25) is 0 Å². The quantitative estimate of drug-likeness (QED) is 0.890. The van der Waals surface area contributed by atoms with Crippen LogP contribution < -0.4 is 5.32 Å². The Morgan fingerprint density at radius 1 is 1.35 bits per heavy atom. The monoisotopic (exact) mass is 313 g/mol. The number of rotatable bonds is 5. The van der Waals surface area contributed by atoms with Gasteiger partial charge >= 0.3 is 0 Å². The van der Waals surface area contributed by atoms with Crippen molar-refractivity contribution in [3.8, 4) is 0 Å². The van der Waals surface area contributed by atoms with Crippen LogP contribution >= 0.6 is 11.6 Å². The van der Waals surface area contributed by atoms with E-state index in [2.05, 4.69) is 19.2 Å². The predicted octanol–water partition coefficient (Wildman–Crippen LogP) is 4.00. The maximum absolute atomic E-state index is 12.9. The van der Waals surface area contributed by atoms with Crippen molar-refractivity contribution >= 4 is 22.4 Å². The van der Waals surface area contributed by atoms with Gasteiger partial charge in [-0.15, -0.1) is 0 Å². The normalized spacial score (nSPS) is 28.2. The zero-order valence-corrected chi connectivity index (χ0v) is 13.8. The number of nitrogens with one attached hydrogen (secondary N) is 1. The van der Waals surface area contributed by atoms with Crippen LogP contribution in [0.2, 0.25) is 5.02 Å². The standard InChI is InChI=1S/C16H24ClNOS/c1-3-12-8-9-15(18-4-2)16(10-12)20(19)14-7-5-6-13(17)11-14/h5-7,11-12,15-16,18H,3-4,8-10H2,1-2H3. The Morgan fingerprint density at radius 3 is 2.80 bits per heavy atom. The first-order valence-electron chi connectivity index (χ1n) is 7.55. The second kappa shape index (κ2) is 7.58. The third kappa shape index (κ3) is 3.84. The van der Waals surface area contributed by atoms with Gasteiger partial charge in [0.05, 0.1) is 16.0 Å². The molecular formula is C16H24ClNOS. The van der Waals surface area contributed by atoms with E-state index in [9.17, 15) is 4.21 Å². The van der Waals surface area contributed by atoms with Gasteiger partial charge in [0.1, 0.15) is 0 Å². The molecule has 1 fully saturated rings. The summed E-state index contributed by atoms with van der Waals surface area (Å²) in [6.07, 6.45) is 4.61. The van der Waals surface area contributed by atoms with E-state index in [-0.39, 0.29) is 5.25 Å². The van der Waals surface area contributed by atoms with Gasteiger partial charge in [0.15, 0.2) is 0 Å². The van der Waals surface area contributed by atoms with Crippen molar-refractivity contribution in [1.82, 2.24) is 5.32 Å². The number of benzene rings is 1. The second-order valence-electron chi connectivity index (χ2n) is 5.54. The topological polar surface area (TPSA) is 29.1 Å². The van der Waals surface area contributed by atoms with Crippen LogP contribution in [0.1, 0.15) is 39.5 Å². The number of hydrogen-bond donors (Lipinski definition) is 1. The van der Waals surface area contributed by atoms with Crippen molar-refractivity contribution in [3.63, 3.8) is 0 Å². The first-order valence-corrected chi connectivity index (χ1v) is 9.14.